The van der Waals surface area contributed by atoms with Crippen LogP contribution in [0.1, 0.15) is 23.0 Å². The minimum atomic E-state index is -0.337. The molecular formula is C19H21N5O2. The number of benzene rings is 2. The fourth-order valence-corrected chi connectivity index (χ4v) is 2.54. The molecule has 0 aliphatic heterocycles. The Hall–Kier alpha value is -3.35. The molecule has 2 aromatic carbocycles. The lowest BCUT2D eigenvalue weighted by Crippen LogP contribution is -2.27. The molecule has 134 valence electrons. The quantitative estimate of drug-likeness (QED) is 0.680. The normalized spacial score (nSPS) is 10.5. The highest BCUT2D eigenvalue weighted by Crippen LogP contribution is 2.18. The highest BCUT2D eigenvalue weighted by molar-refractivity contribution is 5.96. The molecule has 3 rings (SSSR count). The molecule has 0 aliphatic carbocycles. The Kier molecular flexibility index (Phi) is 5.48. The van der Waals surface area contributed by atoms with Crippen molar-refractivity contribution in [3.63, 3.8) is 0 Å². The third kappa shape index (κ3) is 4.00. The summed E-state index contributed by atoms with van der Waals surface area (Å²) in [4.78, 5) is 12.3. The van der Waals surface area contributed by atoms with E-state index < -0.39 is 0 Å². The number of nitrogens with zero attached hydrogens (tertiary/aromatic N) is 3. The van der Waals surface area contributed by atoms with Gasteiger partial charge in [0.25, 0.3) is 5.91 Å². The van der Waals surface area contributed by atoms with Crippen molar-refractivity contribution in [3.8, 4) is 11.4 Å². The number of hydrogen-bond acceptors (Lipinski definition) is 5. The zero-order chi connectivity index (χ0) is 18.4. The number of rotatable bonds is 7. The van der Waals surface area contributed by atoms with E-state index in [2.05, 4.69) is 15.6 Å². The summed E-state index contributed by atoms with van der Waals surface area (Å²) in [5, 5.41) is 10.7. The predicted octanol–water partition coefficient (Wildman–Crippen LogP) is 2.22. The van der Waals surface area contributed by atoms with Crippen LogP contribution in [-0.2, 0) is 6.42 Å². The van der Waals surface area contributed by atoms with Gasteiger partial charge in [0.1, 0.15) is 5.75 Å². The number of hydrogen-bond donors (Lipinski definition) is 2. The molecule has 0 atom stereocenters. The van der Waals surface area contributed by atoms with Crippen molar-refractivity contribution in [2.24, 2.45) is 0 Å². The van der Waals surface area contributed by atoms with Crippen LogP contribution in [0.3, 0.4) is 0 Å². The van der Waals surface area contributed by atoms with Crippen LogP contribution >= 0.6 is 0 Å². The third-order valence-corrected chi connectivity index (χ3v) is 3.85. The molecule has 0 spiro atoms. The molecule has 1 heterocycles. The van der Waals surface area contributed by atoms with E-state index in [0.29, 0.717) is 18.8 Å². The van der Waals surface area contributed by atoms with E-state index in [9.17, 15) is 4.79 Å². The highest BCUT2D eigenvalue weighted by atomic mass is 16.5. The minimum absolute atomic E-state index is 0.118. The molecule has 0 saturated heterocycles. The SMILES string of the molecule is CCOc1ccc(-n2nnc(C(=O)NCCc3ccccc3)c2N)cc1. The Balaban J connectivity index is 1.65. The number of ether oxygens (including phenoxy) is 1. The summed E-state index contributed by atoms with van der Waals surface area (Å²) in [5.41, 5.74) is 8.04. The molecule has 0 fully saturated rings. The van der Waals surface area contributed by atoms with E-state index in [4.69, 9.17) is 10.5 Å². The first-order valence-electron chi connectivity index (χ1n) is 8.45. The van der Waals surface area contributed by atoms with Crippen LogP contribution in [0.4, 0.5) is 5.82 Å². The van der Waals surface area contributed by atoms with Gasteiger partial charge in [-0.3, -0.25) is 4.79 Å². The van der Waals surface area contributed by atoms with Gasteiger partial charge in [-0.25, -0.2) is 0 Å². The Labute approximate surface area is 151 Å². The number of aromatic nitrogens is 3. The average molecular weight is 351 g/mol. The maximum absolute atomic E-state index is 12.3. The van der Waals surface area contributed by atoms with E-state index in [0.717, 1.165) is 17.7 Å². The van der Waals surface area contributed by atoms with Crippen molar-refractivity contribution < 1.29 is 9.53 Å². The lowest BCUT2D eigenvalue weighted by molar-refractivity contribution is 0.0950. The number of amides is 1. The van der Waals surface area contributed by atoms with Crippen molar-refractivity contribution >= 4 is 11.7 Å². The Bertz CT molecular complexity index is 859. The van der Waals surface area contributed by atoms with Gasteiger partial charge < -0.3 is 15.8 Å². The highest BCUT2D eigenvalue weighted by Gasteiger charge is 2.18. The summed E-state index contributed by atoms with van der Waals surface area (Å²) in [6.07, 6.45) is 0.736. The first kappa shape index (κ1) is 17.5. The number of carbonyl (C=O) groups excluding carboxylic acids is 1. The van der Waals surface area contributed by atoms with Crippen molar-refractivity contribution in [1.82, 2.24) is 20.3 Å². The lowest BCUT2D eigenvalue weighted by atomic mass is 10.1. The second kappa shape index (κ2) is 8.15. The lowest BCUT2D eigenvalue weighted by Gasteiger charge is -2.06. The summed E-state index contributed by atoms with van der Waals surface area (Å²) >= 11 is 0. The zero-order valence-electron chi connectivity index (χ0n) is 14.6. The number of carbonyl (C=O) groups is 1. The summed E-state index contributed by atoms with van der Waals surface area (Å²) in [6.45, 7) is 3.02. The Morgan fingerprint density at radius 2 is 1.88 bits per heavy atom. The molecule has 0 bridgehead atoms. The standard InChI is InChI=1S/C19H21N5O2/c1-2-26-16-10-8-15(9-11-16)24-18(20)17(22-23-24)19(25)21-13-12-14-6-4-3-5-7-14/h3-11H,2,12-13,20H2,1H3,(H,21,25). The summed E-state index contributed by atoms with van der Waals surface area (Å²) < 4.78 is 6.84. The van der Waals surface area contributed by atoms with Gasteiger partial charge in [-0.1, -0.05) is 35.5 Å². The van der Waals surface area contributed by atoms with Gasteiger partial charge >= 0.3 is 0 Å². The maximum atomic E-state index is 12.3. The van der Waals surface area contributed by atoms with Gasteiger partial charge in [0, 0.05) is 6.54 Å². The first-order valence-corrected chi connectivity index (χ1v) is 8.45. The van der Waals surface area contributed by atoms with Crippen molar-refractivity contribution in [3.05, 3.63) is 65.9 Å². The fraction of sp³-hybridized carbons (Fsp3) is 0.211. The Morgan fingerprint density at radius 1 is 1.15 bits per heavy atom. The number of nitrogens with two attached hydrogens (primary N) is 1. The minimum Gasteiger partial charge on any atom is -0.494 e. The smallest absolute Gasteiger partial charge is 0.275 e. The van der Waals surface area contributed by atoms with Gasteiger partial charge in [0.15, 0.2) is 11.5 Å². The van der Waals surface area contributed by atoms with Gasteiger partial charge in [-0.15, -0.1) is 5.10 Å². The van der Waals surface area contributed by atoms with Gasteiger partial charge in [0.2, 0.25) is 0 Å². The summed E-state index contributed by atoms with van der Waals surface area (Å²) in [5.74, 6) is 0.621. The molecule has 3 aromatic rings. The van der Waals surface area contributed by atoms with E-state index in [1.165, 1.54) is 4.68 Å². The van der Waals surface area contributed by atoms with Gasteiger partial charge in [-0.2, -0.15) is 4.68 Å². The molecule has 0 unspecified atom stereocenters. The van der Waals surface area contributed by atoms with Crippen LogP contribution < -0.4 is 15.8 Å². The largest absolute Gasteiger partial charge is 0.494 e. The van der Waals surface area contributed by atoms with Crippen LogP contribution in [0.5, 0.6) is 5.75 Å². The van der Waals surface area contributed by atoms with E-state index in [-0.39, 0.29) is 17.4 Å². The third-order valence-electron chi connectivity index (χ3n) is 3.85. The van der Waals surface area contributed by atoms with Crippen molar-refractivity contribution in [1.29, 1.82) is 0 Å². The molecule has 7 nitrogen and oxygen atoms in total. The molecule has 0 aliphatic rings. The molecule has 3 N–H and O–H groups in total. The molecule has 0 radical (unpaired) electrons. The van der Waals surface area contributed by atoms with Crippen LogP contribution in [0.25, 0.3) is 5.69 Å². The molecular weight excluding hydrogens is 330 g/mol. The average Bonchev–Trinajstić information content (AvgIpc) is 3.05. The number of anilines is 1. The molecule has 26 heavy (non-hydrogen) atoms. The summed E-state index contributed by atoms with van der Waals surface area (Å²) in [6, 6.07) is 17.2. The second-order valence-electron chi connectivity index (χ2n) is 5.65. The molecule has 7 heteroatoms. The van der Waals surface area contributed by atoms with Crippen LogP contribution in [0, 0.1) is 0 Å². The molecule has 1 amide bonds. The monoisotopic (exact) mass is 351 g/mol. The van der Waals surface area contributed by atoms with E-state index in [1.807, 2.05) is 61.5 Å². The van der Waals surface area contributed by atoms with E-state index >= 15 is 0 Å². The van der Waals surface area contributed by atoms with Crippen molar-refractivity contribution in [2.75, 3.05) is 18.9 Å². The number of nitrogen functional groups attached to an aromatic ring is 1. The maximum Gasteiger partial charge on any atom is 0.275 e. The zero-order valence-corrected chi connectivity index (χ0v) is 14.6. The van der Waals surface area contributed by atoms with Crippen LogP contribution in [0.2, 0.25) is 0 Å². The van der Waals surface area contributed by atoms with Crippen LogP contribution in [-0.4, -0.2) is 34.1 Å². The topological polar surface area (TPSA) is 95.1 Å². The summed E-state index contributed by atoms with van der Waals surface area (Å²) in [7, 11) is 0. The second-order valence-corrected chi connectivity index (χ2v) is 5.65. The van der Waals surface area contributed by atoms with Crippen molar-refractivity contribution in [2.45, 2.75) is 13.3 Å². The molecule has 0 saturated carbocycles. The van der Waals surface area contributed by atoms with Gasteiger partial charge in [0.05, 0.1) is 12.3 Å². The first-order chi connectivity index (χ1) is 12.7. The molecule has 1 aromatic heterocycles. The predicted molar refractivity (Wildman–Crippen MR) is 99.4 cm³/mol. The van der Waals surface area contributed by atoms with Gasteiger partial charge in [-0.05, 0) is 43.2 Å². The van der Waals surface area contributed by atoms with E-state index in [1.54, 1.807) is 0 Å². The Morgan fingerprint density at radius 3 is 2.58 bits per heavy atom. The van der Waals surface area contributed by atoms with Crippen LogP contribution in [0.15, 0.2) is 54.6 Å². The fourth-order valence-electron chi connectivity index (χ4n) is 2.54. The number of nitrogens with one attached hydrogen (secondary N) is 1.